The number of carbonyl (C=O) groups excluding carboxylic acids is 3. The van der Waals surface area contributed by atoms with E-state index in [4.69, 9.17) is 9.26 Å². The Morgan fingerprint density at radius 2 is 1.88 bits per heavy atom. The van der Waals surface area contributed by atoms with Gasteiger partial charge in [0.15, 0.2) is 6.61 Å². The average molecular weight is 491 g/mol. The third-order valence-corrected chi connectivity index (χ3v) is 5.49. The SMILES string of the molecule is Cc1noc(C)c1CSc1ncccc1C(=O)OCC(=O)NC(=O)c1ccc(OC(F)F)cc1. The van der Waals surface area contributed by atoms with Crippen LogP contribution in [0.1, 0.15) is 37.7 Å². The molecule has 0 atom stereocenters. The Kier molecular flexibility index (Phi) is 8.30. The number of thioether (sulfide) groups is 1. The smallest absolute Gasteiger partial charge is 0.387 e. The fourth-order valence-corrected chi connectivity index (χ4v) is 3.88. The molecule has 0 radical (unpaired) electrons. The highest BCUT2D eigenvalue weighted by atomic mass is 32.2. The van der Waals surface area contributed by atoms with Crippen LogP contribution in [0.3, 0.4) is 0 Å². The highest BCUT2D eigenvalue weighted by molar-refractivity contribution is 7.98. The Bertz CT molecular complexity index is 1160. The van der Waals surface area contributed by atoms with Gasteiger partial charge in [0.05, 0.1) is 11.3 Å². The van der Waals surface area contributed by atoms with Crippen molar-refractivity contribution >= 4 is 29.5 Å². The molecular weight excluding hydrogens is 472 g/mol. The molecule has 1 aromatic carbocycles. The zero-order chi connectivity index (χ0) is 24.7. The van der Waals surface area contributed by atoms with Gasteiger partial charge in [0.1, 0.15) is 16.5 Å². The molecule has 12 heteroatoms. The average Bonchev–Trinajstić information content (AvgIpc) is 3.13. The summed E-state index contributed by atoms with van der Waals surface area (Å²) in [6.45, 7) is -0.106. The van der Waals surface area contributed by atoms with Crippen LogP contribution in [0.5, 0.6) is 5.75 Å². The summed E-state index contributed by atoms with van der Waals surface area (Å²) >= 11 is 1.28. The first-order valence-corrected chi connectivity index (χ1v) is 10.8. The van der Waals surface area contributed by atoms with Gasteiger partial charge in [-0.25, -0.2) is 9.78 Å². The fourth-order valence-electron chi connectivity index (χ4n) is 2.74. The Morgan fingerprint density at radius 1 is 1.15 bits per heavy atom. The van der Waals surface area contributed by atoms with E-state index in [9.17, 15) is 23.2 Å². The van der Waals surface area contributed by atoms with E-state index in [1.165, 1.54) is 36.2 Å². The molecule has 3 aromatic rings. The minimum atomic E-state index is -2.99. The van der Waals surface area contributed by atoms with E-state index < -0.39 is 31.0 Å². The van der Waals surface area contributed by atoms with Crippen molar-refractivity contribution in [2.75, 3.05) is 6.61 Å². The highest BCUT2D eigenvalue weighted by Crippen LogP contribution is 2.27. The number of hydrogen-bond donors (Lipinski definition) is 1. The molecular formula is C22H19F2N3O6S. The molecule has 178 valence electrons. The summed E-state index contributed by atoms with van der Waals surface area (Å²) in [5.74, 6) is -1.43. The van der Waals surface area contributed by atoms with E-state index >= 15 is 0 Å². The second-order valence-electron chi connectivity index (χ2n) is 6.80. The summed E-state index contributed by atoms with van der Waals surface area (Å²) in [4.78, 5) is 40.9. The van der Waals surface area contributed by atoms with Crippen molar-refractivity contribution in [3.05, 3.63) is 70.7 Å². The molecule has 2 aromatic heterocycles. The number of hydrogen-bond acceptors (Lipinski definition) is 9. The molecule has 0 saturated carbocycles. The summed E-state index contributed by atoms with van der Waals surface area (Å²) in [6, 6.07) is 7.82. The first-order valence-electron chi connectivity index (χ1n) is 9.80. The molecule has 34 heavy (non-hydrogen) atoms. The molecule has 0 aliphatic carbocycles. The maximum absolute atomic E-state index is 12.5. The maximum atomic E-state index is 12.5. The van der Waals surface area contributed by atoms with Gasteiger partial charge in [0, 0.05) is 23.1 Å². The van der Waals surface area contributed by atoms with Crippen LogP contribution in [-0.2, 0) is 15.3 Å². The lowest BCUT2D eigenvalue weighted by atomic mass is 10.2. The standard InChI is InChI=1S/C22H19F2N3O6S/c1-12-17(13(2)33-27-12)11-34-20-16(4-3-9-25-20)21(30)31-10-18(28)26-19(29)14-5-7-15(8-6-14)32-22(23)24/h3-9,22H,10-11H2,1-2H3,(H,26,28,29). The third kappa shape index (κ3) is 6.61. The molecule has 0 saturated heterocycles. The number of imide groups is 1. The topological polar surface area (TPSA) is 121 Å². The van der Waals surface area contributed by atoms with E-state index in [0.29, 0.717) is 16.5 Å². The second kappa shape index (κ2) is 11.4. The fraction of sp³-hybridized carbons (Fsp3) is 0.227. The van der Waals surface area contributed by atoms with Gasteiger partial charge in [-0.05, 0) is 50.2 Å². The van der Waals surface area contributed by atoms with Gasteiger partial charge in [-0.2, -0.15) is 8.78 Å². The molecule has 0 fully saturated rings. The summed E-state index contributed by atoms with van der Waals surface area (Å²) in [7, 11) is 0. The predicted molar refractivity (Wildman–Crippen MR) is 116 cm³/mol. The van der Waals surface area contributed by atoms with Crippen LogP contribution in [0.2, 0.25) is 0 Å². The molecule has 0 bridgehead atoms. The van der Waals surface area contributed by atoms with Crippen molar-refractivity contribution in [1.29, 1.82) is 0 Å². The van der Waals surface area contributed by atoms with Crippen LogP contribution >= 0.6 is 11.8 Å². The largest absolute Gasteiger partial charge is 0.452 e. The molecule has 0 aliphatic rings. The zero-order valence-corrected chi connectivity index (χ0v) is 18.9. The number of carbonyl (C=O) groups is 3. The van der Waals surface area contributed by atoms with Crippen LogP contribution in [0.25, 0.3) is 0 Å². The van der Waals surface area contributed by atoms with Gasteiger partial charge in [-0.3, -0.25) is 14.9 Å². The van der Waals surface area contributed by atoms with Crippen LogP contribution in [0.4, 0.5) is 8.78 Å². The van der Waals surface area contributed by atoms with Crippen molar-refractivity contribution < 1.29 is 37.2 Å². The van der Waals surface area contributed by atoms with Gasteiger partial charge in [-0.1, -0.05) is 5.16 Å². The number of nitrogens with one attached hydrogen (secondary N) is 1. The van der Waals surface area contributed by atoms with Crippen LogP contribution in [0, 0.1) is 13.8 Å². The molecule has 0 spiro atoms. The number of alkyl halides is 2. The summed E-state index contributed by atoms with van der Waals surface area (Å²) < 4.78 is 38.7. The molecule has 3 rings (SSSR count). The normalized spacial score (nSPS) is 10.7. The number of nitrogens with zero attached hydrogens (tertiary/aromatic N) is 2. The van der Waals surface area contributed by atoms with Crippen molar-refractivity contribution in [3.63, 3.8) is 0 Å². The van der Waals surface area contributed by atoms with E-state index in [2.05, 4.69) is 20.2 Å². The highest BCUT2D eigenvalue weighted by Gasteiger charge is 2.19. The first kappa shape index (κ1) is 24.8. The molecule has 1 N–H and O–H groups in total. The molecule has 0 unspecified atom stereocenters. The Morgan fingerprint density at radius 3 is 2.53 bits per heavy atom. The van der Waals surface area contributed by atoms with Gasteiger partial charge in [0.2, 0.25) is 0 Å². The number of pyridine rings is 1. The van der Waals surface area contributed by atoms with Gasteiger partial charge in [-0.15, -0.1) is 11.8 Å². The minimum Gasteiger partial charge on any atom is -0.452 e. The van der Waals surface area contributed by atoms with E-state index in [-0.39, 0.29) is 16.9 Å². The Hall–Kier alpha value is -3.80. The quantitative estimate of drug-likeness (QED) is 0.353. The van der Waals surface area contributed by atoms with Crippen LogP contribution in [-0.4, -0.2) is 41.1 Å². The van der Waals surface area contributed by atoms with Gasteiger partial charge < -0.3 is 14.0 Å². The van der Waals surface area contributed by atoms with Crippen LogP contribution < -0.4 is 10.1 Å². The minimum absolute atomic E-state index is 0.0339. The number of benzene rings is 1. The Balaban J connectivity index is 1.54. The van der Waals surface area contributed by atoms with E-state index in [1.54, 1.807) is 13.0 Å². The van der Waals surface area contributed by atoms with Crippen LogP contribution in [0.15, 0.2) is 52.1 Å². The molecule has 0 aliphatic heterocycles. The van der Waals surface area contributed by atoms with Gasteiger partial charge >= 0.3 is 12.6 Å². The molecule has 9 nitrogen and oxygen atoms in total. The molecule has 2 amide bonds. The van der Waals surface area contributed by atoms with E-state index in [0.717, 1.165) is 23.4 Å². The number of ether oxygens (including phenoxy) is 2. The van der Waals surface area contributed by atoms with E-state index in [1.807, 2.05) is 6.92 Å². The lowest BCUT2D eigenvalue weighted by molar-refractivity contribution is -0.123. The number of esters is 1. The number of aryl methyl sites for hydroxylation is 2. The third-order valence-electron chi connectivity index (χ3n) is 4.45. The van der Waals surface area contributed by atoms with Crippen molar-refractivity contribution in [2.45, 2.75) is 31.2 Å². The predicted octanol–water partition coefficient (Wildman–Crippen LogP) is 3.69. The zero-order valence-electron chi connectivity index (χ0n) is 18.0. The lowest BCUT2D eigenvalue weighted by Crippen LogP contribution is -2.34. The monoisotopic (exact) mass is 491 g/mol. The summed E-state index contributed by atoms with van der Waals surface area (Å²) in [5, 5.41) is 6.34. The number of rotatable bonds is 9. The maximum Gasteiger partial charge on any atom is 0.387 e. The van der Waals surface area contributed by atoms with Crippen molar-refractivity contribution in [1.82, 2.24) is 15.5 Å². The number of amides is 2. The summed E-state index contributed by atoms with van der Waals surface area (Å²) in [5.41, 5.74) is 1.82. The van der Waals surface area contributed by atoms with Crippen molar-refractivity contribution in [2.24, 2.45) is 0 Å². The number of aromatic nitrogens is 2. The van der Waals surface area contributed by atoms with Crippen molar-refractivity contribution in [3.8, 4) is 5.75 Å². The first-order chi connectivity index (χ1) is 16.2. The lowest BCUT2D eigenvalue weighted by Gasteiger charge is -2.09. The Labute approximate surface area is 196 Å². The molecule has 2 heterocycles. The number of halogens is 2. The van der Waals surface area contributed by atoms with Gasteiger partial charge in [0.25, 0.3) is 11.8 Å². The second-order valence-corrected chi connectivity index (χ2v) is 7.77. The summed E-state index contributed by atoms with van der Waals surface area (Å²) in [6.07, 6.45) is 1.52.